The number of amides is 1. The molecule has 1 fully saturated rings. The zero-order chi connectivity index (χ0) is 22.3. The van der Waals surface area contributed by atoms with Gasteiger partial charge in [0.1, 0.15) is 0 Å². The van der Waals surface area contributed by atoms with Crippen LogP contribution >= 0.6 is 0 Å². The standard InChI is InChI=1S/C24H26N4O4/c1-2-31-24(30)19-10-6-7-11-20(19)25-23(29)18-12-14-28(15-13-18)16-21-26-22(27-32-21)17-8-4-3-5-9-17/h3-11,18H,2,12-16H2,1H3,(H,25,29). The first kappa shape index (κ1) is 21.7. The van der Waals surface area contributed by atoms with Gasteiger partial charge >= 0.3 is 5.97 Å². The van der Waals surface area contributed by atoms with Crippen molar-refractivity contribution in [2.24, 2.45) is 5.92 Å². The molecule has 0 saturated carbocycles. The Kier molecular flexibility index (Phi) is 6.91. The van der Waals surface area contributed by atoms with Crippen LogP contribution in [0.4, 0.5) is 5.69 Å². The molecule has 0 aliphatic carbocycles. The number of likely N-dealkylation sites (tertiary alicyclic amines) is 1. The topological polar surface area (TPSA) is 97.6 Å². The molecule has 1 aliphatic heterocycles. The van der Waals surface area contributed by atoms with Crippen molar-refractivity contribution >= 4 is 17.6 Å². The Labute approximate surface area is 186 Å². The number of ether oxygens (including phenoxy) is 1. The van der Waals surface area contributed by atoms with Gasteiger partial charge in [0.15, 0.2) is 0 Å². The summed E-state index contributed by atoms with van der Waals surface area (Å²) in [5.41, 5.74) is 1.77. The highest BCUT2D eigenvalue weighted by molar-refractivity contribution is 6.01. The van der Waals surface area contributed by atoms with E-state index in [1.54, 1.807) is 31.2 Å². The first-order chi connectivity index (χ1) is 15.6. The lowest BCUT2D eigenvalue weighted by Gasteiger charge is -2.30. The van der Waals surface area contributed by atoms with Gasteiger partial charge in [-0.1, -0.05) is 47.6 Å². The van der Waals surface area contributed by atoms with Crippen LogP contribution in [-0.4, -0.2) is 46.6 Å². The first-order valence-electron chi connectivity index (χ1n) is 10.8. The number of nitrogens with zero attached hydrogens (tertiary/aromatic N) is 3. The van der Waals surface area contributed by atoms with Gasteiger partial charge in [0.25, 0.3) is 0 Å². The van der Waals surface area contributed by atoms with Crippen molar-refractivity contribution in [2.75, 3.05) is 25.0 Å². The minimum absolute atomic E-state index is 0.0782. The molecule has 1 aromatic heterocycles. The van der Waals surface area contributed by atoms with Crippen molar-refractivity contribution in [2.45, 2.75) is 26.3 Å². The fraction of sp³-hybridized carbons (Fsp3) is 0.333. The molecule has 0 unspecified atom stereocenters. The maximum Gasteiger partial charge on any atom is 0.340 e. The van der Waals surface area contributed by atoms with E-state index in [-0.39, 0.29) is 18.4 Å². The van der Waals surface area contributed by atoms with Gasteiger partial charge in [-0.2, -0.15) is 4.98 Å². The van der Waals surface area contributed by atoms with Crippen molar-refractivity contribution in [3.8, 4) is 11.4 Å². The summed E-state index contributed by atoms with van der Waals surface area (Å²) in [5, 5.41) is 6.97. The van der Waals surface area contributed by atoms with Crippen LogP contribution in [0.2, 0.25) is 0 Å². The van der Waals surface area contributed by atoms with E-state index in [1.807, 2.05) is 30.3 Å². The lowest BCUT2D eigenvalue weighted by molar-refractivity contribution is -0.121. The van der Waals surface area contributed by atoms with Gasteiger partial charge in [-0.15, -0.1) is 0 Å². The van der Waals surface area contributed by atoms with Crippen molar-refractivity contribution < 1.29 is 18.8 Å². The zero-order valence-electron chi connectivity index (χ0n) is 18.0. The van der Waals surface area contributed by atoms with Crippen molar-refractivity contribution in [1.82, 2.24) is 15.0 Å². The zero-order valence-corrected chi connectivity index (χ0v) is 18.0. The fourth-order valence-electron chi connectivity index (χ4n) is 3.78. The second-order valence-corrected chi connectivity index (χ2v) is 7.68. The van der Waals surface area contributed by atoms with Crippen LogP contribution in [0, 0.1) is 5.92 Å². The molecular weight excluding hydrogens is 408 g/mol. The summed E-state index contributed by atoms with van der Waals surface area (Å²) >= 11 is 0. The number of para-hydroxylation sites is 1. The van der Waals surface area contributed by atoms with Gasteiger partial charge in [0.2, 0.25) is 17.6 Å². The van der Waals surface area contributed by atoms with Crippen LogP contribution in [0.5, 0.6) is 0 Å². The van der Waals surface area contributed by atoms with Crippen LogP contribution in [0.1, 0.15) is 36.0 Å². The van der Waals surface area contributed by atoms with Crippen LogP contribution < -0.4 is 5.32 Å². The number of hydrogen-bond acceptors (Lipinski definition) is 7. The summed E-state index contributed by atoms with van der Waals surface area (Å²) in [6.07, 6.45) is 1.43. The molecular formula is C24H26N4O4. The molecule has 3 aromatic rings. The van der Waals surface area contributed by atoms with Gasteiger partial charge in [-0.05, 0) is 45.0 Å². The Bertz CT molecular complexity index is 1060. The Balaban J connectivity index is 1.30. The Morgan fingerprint density at radius 3 is 2.56 bits per heavy atom. The molecule has 8 heteroatoms. The first-order valence-corrected chi connectivity index (χ1v) is 10.8. The Morgan fingerprint density at radius 1 is 1.09 bits per heavy atom. The summed E-state index contributed by atoms with van der Waals surface area (Å²) in [4.78, 5) is 31.6. The molecule has 1 amide bonds. The highest BCUT2D eigenvalue weighted by Crippen LogP contribution is 2.23. The molecule has 32 heavy (non-hydrogen) atoms. The number of hydrogen-bond donors (Lipinski definition) is 1. The molecule has 0 spiro atoms. The van der Waals surface area contributed by atoms with Gasteiger partial charge in [-0.3, -0.25) is 9.69 Å². The van der Waals surface area contributed by atoms with Gasteiger partial charge in [0, 0.05) is 11.5 Å². The number of rotatable bonds is 7. The number of esters is 1. The van der Waals surface area contributed by atoms with Crippen molar-refractivity contribution in [1.29, 1.82) is 0 Å². The molecule has 2 aromatic carbocycles. The van der Waals surface area contributed by atoms with E-state index in [1.165, 1.54) is 0 Å². The van der Waals surface area contributed by atoms with Gasteiger partial charge < -0.3 is 14.6 Å². The van der Waals surface area contributed by atoms with E-state index in [4.69, 9.17) is 9.26 Å². The molecule has 1 N–H and O–H groups in total. The number of nitrogens with one attached hydrogen (secondary N) is 1. The third-order valence-electron chi connectivity index (χ3n) is 5.50. The molecule has 1 saturated heterocycles. The van der Waals surface area contributed by atoms with Crippen LogP contribution in [0.15, 0.2) is 59.1 Å². The quantitative estimate of drug-likeness (QED) is 0.565. The number of carbonyl (C=O) groups excluding carboxylic acids is 2. The lowest BCUT2D eigenvalue weighted by Crippen LogP contribution is -2.38. The van der Waals surface area contributed by atoms with E-state index in [2.05, 4.69) is 20.4 Å². The molecule has 166 valence electrons. The second kappa shape index (κ2) is 10.2. The normalized spacial score (nSPS) is 14.8. The van der Waals surface area contributed by atoms with Crippen LogP contribution in [-0.2, 0) is 16.1 Å². The average molecular weight is 434 g/mol. The maximum atomic E-state index is 12.8. The SMILES string of the molecule is CCOC(=O)c1ccccc1NC(=O)C1CCN(Cc2nc(-c3ccccc3)no2)CC1. The summed E-state index contributed by atoms with van der Waals surface area (Å²) in [7, 11) is 0. The minimum atomic E-state index is -0.437. The van der Waals surface area contributed by atoms with E-state index in [0.29, 0.717) is 42.4 Å². The third kappa shape index (κ3) is 5.20. The van der Waals surface area contributed by atoms with Crippen LogP contribution in [0.3, 0.4) is 0 Å². The van der Waals surface area contributed by atoms with E-state index >= 15 is 0 Å². The van der Waals surface area contributed by atoms with Crippen molar-refractivity contribution in [3.05, 3.63) is 66.1 Å². The Morgan fingerprint density at radius 2 is 1.81 bits per heavy atom. The Hall–Kier alpha value is -3.52. The predicted octanol–water partition coefficient (Wildman–Crippen LogP) is 3.76. The molecule has 0 bridgehead atoms. The smallest absolute Gasteiger partial charge is 0.340 e. The van der Waals surface area contributed by atoms with Gasteiger partial charge in [-0.25, -0.2) is 4.79 Å². The largest absolute Gasteiger partial charge is 0.462 e. The summed E-state index contributed by atoms with van der Waals surface area (Å²) in [5.74, 6) is 0.507. The highest BCUT2D eigenvalue weighted by atomic mass is 16.5. The molecule has 0 atom stereocenters. The summed E-state index contributed by atoms with van der Waals surface area (Å²) in [6.45, 7) is 4.09. The maximum absolute atomic E-state index is 12.8. The molecule has 4 rings (SSSR count). The monoisotopic (exact) mass is 434 g/mol. The molecule has 1 aliphatic rings. The van der Waals surface area contributed by atoms with E-state index in [9.17, 15) is 9.59 Å². The number of carbonyl (C=O) groups is 2. The number of aromatic nitrogens is 2. The third-order valence-corrected chi connectivity index (χ3v) is 5.50. The fourth-order valence-corrected chi connectivity index (χ4v) is 3.78. The van der Waals surface area contributed by atoms with Crippen molar-refractivity contribution in [3.63, 3.8) is 0 Å². The minimum Gasteiger partial charge on any atom is -0.462 e. The number of anilines is 1. The van der Waals surface area contributed by atoms with Gasteiger partial charge in [0.05, 0.1) is 24.4 Å². The van der Waals surface area contributed by atoms with E-state index in [0.717, 1.165) is 18.7 Å². The predicted molar refractivity (Wildman–Crippen MR) is 119 cm³/mol. The van der Waals surface area contributed by atoms with E-state index < -0.39 is 5.97 Å². The molecule has 0 radical (unpaired) electrons. The lowest BCUT2D eigenvalue weighted by atomic mass is 9.95. The highest BCUT2D eigenvalue weighted by Gasteiger charge is 2.27. The number of piperidine rings is 1. The molecule has 8 nitrogen and oxygen atoms in total. The second-order valence-electron chi connectivity index (χ2n) is 7.68. The summed E-state index contributed by atoms with van der Waals surface area (Å²) in [6, 6.07) is 16.6. The molecule has 2 heterocycles. The summed E-state index contributed by atoms with van der Waals surface area (Å²) < 4.78 is 10.5. The number of benzene rings is 2. The average Bonchev–Trinajstić information content (AvgIpc) is 3.29. The van der Waals surface area contributed by atoms with Crippen LogP contribution in [0.25, 0.3) is 11.4 Å².